The summed E-state index contributed by atoms with van der Waals surface area (Å²) in [6, 6.07) is 5.19. The number of carbonyl (C=O) groups is 3. The van der Waals surface area contributed by atoms with Crippen molar-refractivity contribution in [1.82, 2.24) is 25.3 Å². The Kier molecular flexibility index (Phi) is 7.82. The van der Waals surface area contributed by atoms with E-state index in [4.69, 9.17) is 16.2 Å². The SMILES string of the molecule is CC(C)(C)OC(=O)CCC(NC(=O)c1ccc(NCc2cnc3nc(N)nc(N)c3n2)cc1)C(=O)O. The number of hydrogen-bond acceptors (Lipinski definition) is 11. The lowest BCUT2D eigenvalue weighted by Gasteiger charge is -2.20. The van der Waals surface area contributed by atoms with Gasteiger partial charge in [0.2, 0.25) is 5.95 Å². The number of carboxylic acids is 1. The quantitative estimate of drug-likeness (QED) is 0.267. The normalized spacial score (nSPS) is 12.1. The van der Waals surface area contributed by atoms with E-state index in [1.54, 1.807) is 45.0 Å². The van der Waals surface area contributed by atoms with E-state index in [2.05, 4.69) is 30.6 Å². The molecule has 3 rings (SSSR count). The molecule has 0 saturated carbocycles. The zero-order valence-corrected chi connectivity index (χ0v) is 20.1. The van der Waals surface area contributed by atoms with Crippen LogP contribution in [0.4, 0.5) is 17.5 Å². The van der Waals surface area contributed by atoms with Crippen LogP contribution in [0.15, 0.2) is 30.5 Å². The smallest absolute Gasteiger partial charge is 0.326 e. The minimum atomic E-state index is -1.24. The summed E-state index contributed by atoms with van der Waals surface area (Å²) in [5.74, 6) is -2.20. The average Bonchev–Trinajstić information content (AvgIpc) is 2.79. The fourth-order valence-corrected chi connectivity index (χ4v) is 3.15. The number of carboxylic acid groups (broad SMARTS) is 1. The number of fused-ring (bicyclic) bond motifs is 1. The van der Waals surface area contributed by atoms with Crippen molar-refractivity contribution in [3.05, 3.63) is 41.7 Å². The topological polar surface area (TPSA) is 208 Å². The zero-order chi connectivity index (χ0) is 26.5. The van der Waals surface area contributed by atoms with Crippen LogP contribution >= 0.6 is 0 Å². The third kappa shape index (κ3) is 7.22. The van der Waals surface area contributed by atoms with Crippen LogP contribution in [0.2, 0.25) is 0 Å². The summed E-state index contributed by atoms with van der Waals surface area (Å²) < 4.78 is 5.18. The highest BCUT2D eigenvalue weighted by Crippen LogP contribution is 2.16. The Morgan fingerprint density at radius 2 is 1.78 bits per heavy atom. The monoisotopic (exact) mass is 496 g/mol. The molecule has 1 amide bonds. The molecule has 13 heteroatoms. The molecule has 0 saturated heterocycles. The van der Waals surface area contributed by atoms with Crippen LogP contribution in [0.5, 0.6) is 0 Å². The maximum absolute atomic E-state index is 12.5. The van der Waals surface area contributed by atoms with Gasteiger partial charge in [-0.15, -0.1) is 0 Å². The van der Waals surface area contributed by atoms with Crippen LogP contribution in [0.3, 0.4) is 0 Å². The predicted molar refractivity (Wildman–Crippen MR) is 132 cm³/mol. The van der Waals surface area contributed by atoms with Gasteiger partial charge in [-0.05, 0) is 51.5 Å². The van der Waals surface area contributed by atoms with E-state index in [1.807, 2.05) is 0 Å². The number of carbonyl (C=O) groups excluding carboxylic acids is 2. The van der Waals surface area contributed by atoms with Crippen molar-refractivity contribution in [3.63, 3.8) is 0 Å². The molecule has 1 aromatic carbocycles. The summed E-state index contributed by atoms with van der Waals surface area (Å²) in [4.78, 5) is 52.4. The highest BCUT2D eigenvalue weighted by Gasteiger charge is 2.24. The van der Waals surface area contributed by atoms with Crippen molar-refractivity contribution in [3.8, 4) is 0 Å². The van der Waals surface area contributed by atoms with E-state index in [0.29, 0.717) is 29.1 Å². The molecule has 0 aliphatic heterocycles. The van der Waals surface area contributed by atoms with Crippen molar-refractivity contribution in [1.29, 1.82) is 0 Å². The Labute approximate surface area is 206 Å². The van der Waals surface area contributed by atoms with Gasteiger partial charge in [0, 0.05) is 17.7 Å². The van der Waals surface area contributed by atoms with Crippen molar-refractivity contribution in [2.75, 3.05) is 16.8 Å². The summed E-state index contributed by atoms with van der Waals surface area (Å²) in [6.07, 6.45) is 1.30. The molecule has 190 valence electrons. The second-order valence-corrected chi connectivity index (χ2v) is 8.92. The fraction of sp³-hybridized carbons (Fsp3) is 0.348. The molecule has 1 atom stereocenters. The van der Waals surface area contributed by atoms with Crippen molar-refractivity contribution >= 4 is 46.5 Å². The molecular formula is C23H28N8O5. The first-order valence-electron chi connectivity index (χ1n) is 11.1. The Hall–Kier alpha value is -4.55. The number of anilines is 3. The van der Waals surface area contributed by atoms with Gasteiger partial charge >= 0.3 is 11.9 Å². The molecule has 0 spiro atoms. The third-order valence-electron chi connectivity index (χ3n) is 4.78. The second-order valence-electron chi connectivity index (χ2n) is 8.92. The molecule has 13 nitrogen and oxygen atoms in total. The second kappa shape index (κ2) is 10.8. The van der Waals surface area contributed by atoms with Gasteiger partial charge < -0.3 is 31.9 Å². The number of rotatable bonds is 9. The molecule has 2 aromatic heterocycles. The number of ether oxygens (including phenoxy) is 1. The largest absolute Gasteiger partial charge is 0.480 e. The summed E-state index contributed by atoms with van der Waals surface area (Å²) in [6.45, 7) is 5.47. The first-order chi connectivity index (χ1) is 16.9. The molecule has 7 N–H and O–H groups in total. The van der Waals surface area contributed by atoms with E-state index in [1.165, 1.54) is 6.20 Å². The number of nitrogens with zero attached hydrogens (tertiary/aromatic N) is 4. The molecular weight excluding hydrogens is 468 g/mol. The van der Waals surface area contributed by atoms with Crippen LogP contribution < -0.4 is 22.1 Å². The maximum Gasteiger partial charge on any atom is 0.326 e. The van der Waals surface area contributed by atoms with E-state index in [-0.39, 0.29) is 30.2 Å². The summed E-state index contributed by atoms with van der Waals surface area (Å²) >= 11 is 0. The van der Waals surface area contributed by atoms with E-state index >= 15 is 0 Å². The van der Waals surface area contributed by atoms with E-state index in [9.17, 15) is 19.5 Å². The van der Waals surface area contributed by atoms with E-state index < -0.39 is 29.5 Å². The van der Waals surface area contributed by atoms with Crippen LogP contribution in [-0.2, 0) is 20.9 Å². The van der Waals surface area contributed by atoms with Gasteiger partial charge in [0.1, 0.15) is 11.6 Å². The average molecular weight is 497 g/mol. The van der Waals surface area contributed by atoms with Crippen molar-refractivity contribution in [2.45, 2.75) is 51.8 Å². The number of esters is 1. The van der Waals surface area contributed by atoms with Crippen LogP contribution in [0.1, 0.15) is 49.7 Å². The Morgan fingerprint density at radius 3 is 2.42 bits per heavy atom. The molecule has 36 heavy (non-hydrogen) atoms. The Bertz CT molecular complexity index is 1270. The molecule has 3 aromatic rings. The third-order valence-corrected chi connectivity index (χ3v) is 4.78. The lowest BCUT2D eigenvalue weighted by Crippen LogP contribution is -2.41. The number of nitrogens with two attached hydrogens (primary N) is 2. The number of amides is 1. The number of aromatic nitrogens is 4. The van der Waals surface area contributed by atoms with Gasteiger partial charge in [-0.1, -0.05) is 0 Å². The number of benzene rings is 1. The lowest BCUT2D eigenvalue weighted by atomic mass is 10.1. The number of aliphatic carboxylic acids is 1. The number of nitrogen functional groups attached to an aromatic ring is 2. The van der Waals surface area contributed by atoms with Crippen molar-refractivity contribution in [2.24, 2.45) is 0 Å². The van der Waals surface area contributed by atoms with Gasteiger partial charge in [-0.2, -0.15) is 9.97 Å². The molecule has 2 heterocycles. The summed E-state index contributed by atoms with van der Waals surface area (Å²) in [5.41, 5.74) is 12.9. The first kappa shape index (κ1) is 26.1. The molecule has 0 fully saturated rings. The van der Waals surface area contributed by atoms with Crippen LogP contribution in [-0.4, -0.2) is 54.5 Å². The van der Waals surface area contributed by atoms with Gasteiger partial charge in [0.25, 0.3) is 5.91 Å². The standard InChI is InChI=1S/C23H28N8O5/c1-23(2,3)36-16(32)9-8-15(21(34)35)29-20(33)12-4-6-13(7-5-12)26-10-14-11-27-19-17(28-14)18(24)30-22(25)31-19/h4-7,11,15,26H,8-10H2,1-3H3,(H,29,33)(H,34,35)(H4,24,25,27,30,31). The maximum atomic E-state index is 12.5. The minimum Gasteiger partial charge on any atom is -0.480 e. The molecule has 1 unspecified atom stereocenters. The fourth-order valence-electron chi connectivity index (χ4n) is 3.15. The highest BCUT2D eigenvalue weighted by molar-refractivity contribution is 5.97. The molecule has 0 bridgehead atoms. The van der Waals surface area contributed by atoms with Crippen molar-refractivity contribution < 1.29 is 24.2 Å². The van der Waals surface area contributed by atoms with Gasteiger partial charge in [-0.3, -0.25) is 9.59 Å². The minimum absolute atomic E-state index is 0.0158. The van der Waals surface area contributed by atoms with E-state index in [0.717, 1.165) is 0 Å². The highest BCUT2D eigenvalue weighted by atomic mass is 16.6. The summed E-state index contributed by atoms with van der Waals surface area (Å²) in [5, 5.41) is 15.0. The molecule has 0 aliphatic carbocycles. The van der Waals surface area contributed by atoms with Gasteiger partial charge in [0.15, 0.2) is 17.0 Å². The van der Waals surface area contributed by atoms with Gasteiger partial charge in [-0.25, -0.2) is 14.8 Å². The zero-order valence-electron chi connectivity index (χ0n) is 20.1. The Balaban J connectivity index is 1.57. The molecule has 0 aliphatic rings. The lowest BCUT2D eigenvalue weighted by molar-refractivity contribution is -0.155. The molecule has 0 radical (unpaired) electrons. The van der Waals surface area contributed by atoms with Gasteiger partial charge in [0.05, 0.1) is 18.4 Å². The number of hydrogen-bond donors (Lipinski definition) is 5. The van der Waals surface area contributed by atoms with Crippen LogP contribution in [0.25, 0.3) is 11.2 Å². The first-order valence-corrected chi connectivity index (χ1v) is 11.1. The predicted octanol–water partition coefficient (Wildman–Crippen LogP) is 1.50. The summed E-state index contributed by atoms with van der Waals surface area (Å²) in [7, 11) is 0. The Morgan fingerprint density at radius 1 is 1.08 bits per heavy atom. The van der Waals surface area contributed by atoms with Crippen LogP contribution in [0, 0.1) is 0 Å². The number of nitrogens with one attached hydrogen (secondary N) is 2.